The van der Waals surface area contributed by atoms with Gasteiger partial charge in [0.15, 0.2) is 0 Å². The molecule has 1 heterocycles. The Kier molecular flexibility index (Phi) is 4.21. The molecular weight excluding hydrogens is 238 g/mol. The summed E-state index contributed by atoms with van der Waals surface area (Å²) in [5, 5.41) is 0. The number of nitrogens with two attached hydrogens (primary N) is 1. The Bertz CT molecular complexity index is 334. The monoisotopic (exact) mass is 267 g/mol. The summed E-state index contributed by atoms with van der Waals surface area (Å²) in [5.74, 6) is 0.316. The van der Waals surface area contributed by atoms with Crippen molar-refractivity contribution in [3.63, 3.8) is 0 Å². The van der Waals surface area contributed by atoms with Crippen LogP contribution in [0.4, 0.5) is 0 Å². The van der Waals surface area contributed by atoms with E-state index in [0.717, 1.165) is 45.3 Å². The number of carbonyl (C=O) groups is 1. The van der Waals surface area contributed by atoms with Gasteiger partial charge in [-0.25, -0.2) is 0 Å². The van der Waals surface area contributed by atoms with Crippen LogP contribution in [0.25, 0.3) is 0 Å². The van der Waals surface area contributed by atoms with Crippen molar-refractivity contribution in [1.29, 1.82) is 0 Å². The van der Waals surface area contributed by atoms with E-state index in [-0.39, 0.29) is 11.0 Å². The van der Waals surface area contributed by atoms with E-state index in [1.54, 1.807) is 0 Å². The molecule has 4 nitrogen and oxygen atoms in total. The molecule has 0 atom stereocenters. The molecule has 0 spiro atoms. The minimum Gasteiger partial charge on any atom is -0.339 e. The number of hydrogen-bond acceptors (Lipinski definition) is 3. The number of likely N-dealkylation sites (N-methyl/N-ethyl adjacent to an activating group) is 1. The molecule has 0 aromatic rings. The summed E-state index contributed by atoms with van der Waals surface area (Å²) < 4.78 is 0. The Morgan fingerprint density at radius 3 is 2.32 bits per heavy atom. The SMILES string of the molecule is CN1CCN(C(=O)C2(CN)CCCCC2)CC1(C)C. The second kappa shape index (κ2) is 5.41. The molecule has 110 valence electrons. The molecule has 0 aromatic heterocycles. The van der Waals surface area contributed by atoms with Crippen molar-refractivity contribution in [2.75, 3.05) is 33.2 Å². The van der Waals surface area contributed by atoms with Gasteiger partial charge in [0.1, 0.15) is 0 Å². The van der Waals surface area contributed by atoms with Crippen molar-refractivity contribution in [2.24, 2.45) is 11.1 Å². The highest BCUT2D eigenvalue weighted by atomic mass is 16.2. The van der Waals surface area contributed by atoms with Crippen molar-refractivity contribution in [3.05, 3.63) is 0 Å². The van der Waals surface area contributed by atoms with Gasteiger partial charge in [-0.3, -0.25) is 9.69 Å². The number of amides is 1. The van der Waals surface area contributed by atoms with Crippen LogP contribution in [-0.4, -0.2) is 54.5 Å². The Hall–Kier alpha value is -0.610. The van der Waals surface area contributed by atoms with Gasteiger partial charge in [0.05, 0.1) is 5.41 Å². The summed E-state index contributed by atoms with van der Waals surface area (Å²) in [7, 11) is 2.14. The van der Waals surface area contributed by atoms with Crippen LogP contribution in [0.1, 0.15) is 46.0 Å². The zero-order valence-corrected chi connectivity index (χ0v) is 12.7. The molecule has 19 heavy (non-hydrogen) atoms. The highest BCUT2D eigenvalue weighted by Gasteiger charge is 2.43. The molecule has 2 aliphatic rings. The lowest BCUT2D eigenvalue weighted by Gasteiger charge is -2.48. The predicted molar refractivity (Wildman–Crippen MR) is 77.9 cm³/mol. The molecule has 1 saturated heterocycles. The maximum atomic E-state index is 12.9. The van der Waals surface area contributed by atoms with E-state index in [4.69, 9.17) is 5.73 Å². The lowest BCUT2D eigenvalue weighted by atomic mass is 9.72. The molecule has 0 radical (unpaired) electrons. The molecular formula is C15H29N3O. The lowest BCUT2D eigenvalue weighted by molar-refractivity contribution is -0.148. The molecule has 1 amide bonds. The molecule has 0 bridgehead atoms. The van der Waals surface area contributed by atoms with Crippen molar-refractivity contribution in [3.8, 4) is 0 Å². The van der Waals surface area contributed by atoms with Gasteiger partial charge in [-0.2, -0.15) is 0 Å². The smallest absolute Gasteiger partial charge is 0.230 e. The summed E-state index contributed by atoms with van der Waals surface area (Å²) in [4.78, 5) is 17.3. The van der Waals surface area contributed by atoms with E-state index >= 15 is 0 Å². The first-order valence-electron chi connectivity index (χ1n) is 7.62. The summed E-state index contributed by atoms with van der Waals surface area (Å²) in [6, 6.07) is 0. The third-order valence-electron chi connectivity index (χ3n) is 5.26. The molecule has 1 aliphatic carbocycles. The lowest BCUT2D eigenvalue weighted by Crippen LogP contribution is -2.62. The van der Waals surface area contributed by atoms with Crippen molar-refractivity contribution in [1.82, 2.24) is 9.80 Å². The number of hydrogen-bond donors (Lipinski definition) is 1. The number of piperazine rings is 1. The molecule has 4 heteroatoms. The van der Waals surface area contributed by atoms with Gasteiger partial charge in [-0.1, -0.05) is 19.3 Å². The molecule has 2 N–H and O–H groups in total. The van der Waals surface area contributed by atoms with E-state index in [2.05, 4.69) is 30.7 Å². The van der Waals surface area contributed by atoms with E-state index in [1.165, 1.54) is 6.42 Å². The summed E-state index contributed by atoms with van der Waals surface area (Å²) in [5.41, 5.74) is 5.79. The normalized spacial score (nSPS) is 27.3. The van der Waals surface area contributed by atoms with Crippen LogP contribution in [0.3, 0.4) is 0 Å². The van der Waals surface area contributed by atoms with Crippen LogP contribution in [0.5, 0.6) is 0 Å². The largest absolute Gasteiger partial charge is 0.339 e. The van der Waals surface area contributed by atoms with Gasteiger partial charge in [-0.15, -0.1) is 0 Å². The fraction of sp³-hybridized carbons (Fsp3) is 0.933. The van der Waals surface area contributed by atoms with E-state index in [0.29, 0.717) is 12.5 Å². The number of rotatable bonds is 2. The van der Waals surface area contributed by atoms with Crippen molar-refractivity contribution >= 4 is 5.91 Å². The summed E-state index contributed by atoms with van der Waals surface area (Å²) in [6.07, 6.45) is 5.52. The molecule has 2 rings (SSSR count). The van der Waals surface area contributed by atoms with E-state index in [1.807, 2.05) is 0 Å². The van der Waals surface area contributed by atoms with Crippen molar-refractivity contribution < 1.29 is 4.79 Å². The first-order valence-corrected chi connectivity index (χ1v) is 7.62. The van der Waals surface area contributed by atoms with Crippen molar-refractivity contribution in [2.45, 2.75) is 51.5 Å². The maximum Gasteiger partial charge on any atom is 0.230 e. The number of carbonyl (C=O) groups excluding carboxylic acids is 1. The van der Waals surface area contributed by atoms with Crippen LogP contribution in [0.15, 0.2) is 0 Å². The Morgan fingerprint density at radius 1 is 1.16 bits per heavy atom. The molecule has 1 aliphatic heterocycles. The number of nitrogens with zero attached hydrogens (tertiary/aromatic N) is 2. The second-order valence-electron chi connectivity index (χ2n) is 7.01. The third kappa shape index (κ3) is 2.79. The zero-order chi connectivity index (χ0) is 14.1. The molecule has 0 unspecified atom stereocenters. The van der Waals surface area contributed by atoms with Gasteiger partial charge >= 0.3 is 0 Å². The first kappa shape index (κ1) is 14.8. The fourth-order valence-corrected chi connectivity index (χ4v) is 3.48. The minimum atomic E-state index is -0.260. The fourth-order valence-electron chi connectivity index (χ4n) is 3.48. The second-order valence-corrected chi connectivity index (χ2v) is 7.01. The highest BCUT2D eigenvalue weighted by Crippen LogP contribution is 2.38. The van der Waals surface area contributed by atoms with Crippen LogP contribution in [0.2, 0.25) is 0 Å². The van der Waals surface area contributed by atoms with Gasteiger partial charge in [-0.05, 0) is 33.7 Å². The van der Waals surface area contributed by atoms with Gasteiger partial charge in [0.25, 0.3) is 0 Å². The topological polar surface area (TPSA) is 49.6 Å². The Labute approximate surface area is 117 Å². The molecule has 1 saturated carbocycles. The minimum absolute atomic E-state index is 0.0678. The Balaban J connectivity index is 2.10. The zero-order valence-electron chi connectivity index (χ0n) is 12.7. The van der Waals surface area contributed by atoms with Crippen LogP contribution >= 0.6 is 0 Å². The summed E-state index contributed by atoms with van der Waals surface area (Å²) in [6.45, 7) is 7.56. The van der Waals surface area contributed by atoms with Gasteiger partial charge in [0.2, 0.25) is 5.91 Å². The van der Waals surface area contributed by atoms with Gasteiger partial charge in [0, 0.05) is 31.7 Å². The van der Waals surface area contributed by atoms with Crippen LogP contribution < -0.4 is 5.73 Å². The standard InChI is InChI=1S/C15H29N3O/c1-14(2)12-18(10-9-17(14)3)13(19)15(11-16)7-5-4-6-8-15/h4-12,16H2,1-3H3. The van der Waals surface area contributed by atoms with E-state index in [9.17, 15) is 4.79 Å². The highest BCUT2D eigenvalue weighted by molar-refractivity contribution is 5.83. The summed E-state index contributed by atoms with van der Waals surface area (Å²) >= 11 is 0. The van der Waals surface area contributed by atoms with Crippen LogP contribution in [0, 0.1) is 5.41 Å². The molecule has 0 aromatic carbocycles. The quantitative estimate of drug-likeness (QED) is 0.824. The molecule has 2 fully saturated rings. The third-order valence-corrected chi connectivity index (χ3v) is 5.26. The average molecular weight is 267 g/mol. The maximum absolute atomic E-state index is 12.9. The van der Waals surface area contributed by atoms with Crippen LogP contribution in [-0.2, 0) is 4.79 Å². The van der Waals surface area contributed by atoms with Gasteiger partial charge < -0.3 is 10.6 Å². The average Bonchev–Trinajstić information content (AvgIpc) is 2.41. The Morgan fingerprint density at radius 2 is 1.79 bits per heavy atom. The van der Waals surface area contributed by atoms with E-state index < -0.39 is 0 Å². The predicted octanol–water partition coefficient (Wildman–Crippen LogP) is 1.45. The first-order chi connectivity index (χ1) is 8.91.